The van der Waals surface area contributed by atoms with Crippen molar-refractivity contribution in [1.82, 2.24) is 5.32 Å². The Labute approximate surface area is 153 Å². The van der Waals surface area contributed by atoms with Crippen molar-refractivity contribution in [3.8, 4) is 0 Å². The van der Waals surface area contributed by atoms with Gasteiger partial charge in [-0.2, -0.15) is 0 Å². The molecule has 26 heavy (non-hydrogen) atoms. The molecule has 2 aromatic carbocycles. The van der Waals surface area contributed by atoms with Crippen LogP contribution >= 0.6 is 11.6 Å². The number of hydrogen-bond acceptors (Lipinski definition) is 2. The molecule has 0 saturated carbocycles. The molecular formula is C18H16ClF3N2O2. The van der Waals surface area contributed by atoms with Crippen LogP contribution in [-0.4, -0.2) is 18.4 Å². The summed E-state index contributed by atoms with van der Waals surface area (Å²) in [6, 6.07) is 8.65. The lowest BCUT2D eigenvalue weighted by molar-refractivity contribution is -0.121. The molecule has 4 nitrogen and oxygen atoms in total. The number of carbonyl (C=O) groups excluding carboxylic acids is 2. The van der Waals surface area contributed by atoms with E-state index in [1.54, 1.807) is 24.3 Å². The van der Waals surface area contributed by atoms with E-state index < -0.39 is 35.0 Å². The summed E-state index contributed by atoms with van der Waals surface area (Å²) in [4.78, 5) is 24.6. The van der Waals surface area contributed by atoms with E-state index in [1.165, 1.54) is 0 Å². The number of benzene rings is 2. The zero-order valence-corrected chi connectivity index (χ0v) is 14.6. The Morgan fingerprint density at radius 2 is 1.77 bits per heavy atom. The molecule has 2 rings (SSSR count). The molecule has 0 aliphatic rings. The first-order valence-corrected chi connectivity index (χ1v) is 8.10. The molecule has 8 heteroatoms. The average molecular weight is 385 g/mol. The van der Waals surface area contributed by atoms with Crippen molar-refractivity contribution in [1.29, 1.82) is 0 Å². The van der Waals surface area contributed by atoms with E-state index in [-0.39, 0.29) is 19.5 Å². The summed E-state index contributed by atoms with van der Waals surface area (Å²) < 4.78 is 40.3. The van der Waals surface area contributed by atoms with Gasteiger partial charge in [-0.05, 0) is 23.8 Å². The highest BCUT2D eigenvalue weighted by molar-refractivity contribution is 6.31. The number of hydrogen-bond donors (Lipinski definition) is 1. The molecule has 0 heterocycles. The second-order valence-corrected chi connectivity index (χ2v) is 5.89. The van der Waals surface area contributed by atoms with Gasteiger partial charge < -0.3 is 10.2 Å². The summed E-state index contributed by atoms with van der Waals surface area (Å²) in [5, 5.41) is 3.13. The Balaban J connectivity index is 2.01. The van der Waals surface area contributed by atoms with Crippen LogP contribution in [-0.2, 0) is 16.1 Å². The van der Waals surface area contributed by atoms with E-state index in [9.17, 15) is 22.8 Å². The summed E-state index contributed by atoms with van der Waals surface area (Å²) in [6.07, 6.45) is -0.150. The number of rotatable bonds is 6. The minimum Gasteiger partial charge on any atom is -0.352 e. The lowest BCUT2D eigenvalue weighted by atomic mass is 10.2. The van der Waals surface area contributed by atoms with Crippen LogP contribution in [0.5, 0.6) is 0 Å². The van der Waals surface area contributed by atoms with Gasteiger partial charge in [-0.1, -0.05) is 29.8 Å². The van der Waals surface area contributed by atoms with Gasteiger partial charge in [0.2, 0.25) is 11.8 Å². The Bertz CT molecular complexity index is 830. The topological polar surface area (TPSA) is 49.4 Å². The third kappa shape index (κ3) is 4.76. The lowest BCUT2D eigenvalue weighted by Gasteiger charge is -2.21. The van der Waals surface area contributed by atoms with Crippen LogP contribution in [0.3, 0.4) is 0 Å². The molecule has 2 aromatic rings. The van der Waals surface area contributed by atoms with Gasteiger partial charge in [0, 0.05) is 31.5 Å². The number of amides is 2. The second-order valence-electron chi connectivity index (χ2n) is 5.48. The van der Waals surface area contributed by atoms with E-state index in [1.807, 2.05) is 0 Å². The molecule has 0 spiro atoms. The Hall–Kier alpha value is -2.54. The molecule has 0 atom stereocenters. The van der Waals surface area contributed by atoms with E-state index in [2.05, 4.69) is 5.32 Å². The van der Waals surface area contributed by atoms with Gasteiger partial charge >= 0.3 is 0 Å². The lowest BCUT2D eigenvalue weighted by Crippen LogP contribution is -2.34. The van der Waals surface area contributed by atoms with Gasteiger partial charge in [0.1, 0.15) is 0 Å². The van der Waals surface area contributed by atoms with Crippen molar-refractivity contribution in [2.24, 2.45) is 0 Å². The van der Waals surface area contributed by atoms with Crippen LogP contribution in [0.4, 0.5) is 18.9 Å². The number of nitrogens with one attached hydrogen (secondary N) is 1. The van der Waals surface area contributed by atoms with Crippen molar-refractivity contribution in [3.63, 3.8) is 0 Å². The van der Waals surface area contributed by atoms with Gasteiger partial charge in [0.05, 0.1) is 5.69 Å². The van der Waals surface area contributed by atoms with Crippen LogP contribution in [0.25, 0.3) is 0 Å². The van der Waals surface area contributed by atoms with Crippen molar-refractivity contribution in [2.45, 2.75) is 19.9 Å². The Kier molecular flexibility index (Phi) is 6.63. The van der Waals surface area contributed by atoms with Crippen molar-refractivity contribution < 1.29 is 22.8 Å². The second kappa shape index (κ2) is 8.71. The van der Waals surface area contributed by atoms with Crippen molar-refractivity contribution >= 4 is 29.1 Å². The number of anilines is 1. The maximum Gasteiger partial charge on any atom is 0.223 e. The molecule has 0 aliphatic carbocycles. The van der Waals surface area contributed by atoms with Gasteiger partial charge in [0.15, 0.2) is 17.5 Å². The first kappa shape index (κ1) is 19.8. The zero-order valence-electron chi connectivity index (χ0n) is 13.9. The SMILES string of the molecule is CC(=O)N(CCC(=O)NCc1ccccc1Cl)c1ccc(F)c(F)c1F. The maximum absolute atomic E-state index is 13.9. The summed E-state index contributed by atoms with van der Waals surface area (Å²) in [5.41, 5.74) is 0.299. The molecule has 0 radical (unpaired) electrons. The van der Waals surface area contributed by atoms with E-state index in [4.69, 9.17) is 11.6 Å². The molecule has 2 amide bonds. The third-order valence-corrected chi connectivity index (χ3v) is 4.05. The van der Waals surface area contributed by atoms with Crippen LogP contribution in [0, 0.1) is 17.5 Å². The first-order valence-electron chi connectivity index (χ1n) is 7.73. The Morgan fingerprint density at radius 1 is 1.08 bits per heavy atom. The van der Waals surface area contributed by atoms with Crippen LogP contribution in [0.1, 0.15) is 18.9 Å². The molecule has 0 fully saturated rings. The van der Waals surface area contributed by atoms with Crippen molar-refractivity contribution in [3.05, 3.63) is 64.4 Å². The molecule has 0 unspecified atom stereocenters. The molecule has 1 N–H and O–H groups in total. The molecule has 0 bridgehead atoms. The number of nitrogens with zero attached hydrogens (tertiary/aromatic N) is 1. The predicted molar refractivity (Wildman–Crippen MR) is 92.3 cm³/mol. The standard InChI is InChI=1S/C18H16ClF3N2O2/c1-11(25)24(15-7-6-14(20)17(21)18(15)22)9-8-16(26)23-10-12-4-2-3-5-13(12)19/h2-7H,8-10H2,1H3,(H,23,26). The summed E-state index contributed by atoms with van der Waals surface area (Å²) >= 11 is 5.99. The smallest absolute Gasteiger partial charge is 0.223 e. The van der Waals surface area contributed by atoms with Gasteiger partial charge in [-0.3, -0.25) is 9.59 Å². The number of halogens is 4. The van der Waals surface area contributed by atoms with Crippen LogP contribution in [0.2, 0.25) is 5.02 Å². The van der Waals surface area contributed by atoms with Gasteiger partial charge in [-0.15, -0.1) is 0 Å². The number of carbonyl (C=O) groups is 2. The first-order chi connectivity index (χ1) is 12.3. The summed E-state index contributed by atoms with van der Waals surface area (Å²) in [6.45, 7) is 1.14. The summed E-state index contributed by atoms with van der Waals surface area (Å²) in [7, 11) is 0. The molecule has 0 aromatic heterocycles. The van der Waals surface area contributed by atoms with Crippen LogP contribution in [0.15, 0.2) is 36.4 Å². The van der Waals surface area contributed by atoms with E-state index >= 15 is 0 Å². The maximum atomic E-state index is 13.9. The van der Waals surface area contributed by atoms with Crippen molar-refractivity contribution in [2.75, 3.05) is 11.4 Å². The van der Waals surface area contributed by atoms with Gasteiger partial charge in [0.25, 0.3) is 0 Å². The molecular weight excluding hydrogens is 369 g/mol. The normalized spacial score (nSPS) is 10.5. The molecule has 0 aliphatic heterocycles. The zero-order chi connectivity index (χ0) is 19.3. The van der Waals surface area contributed by atoms with E-state index in [0.717, 1.165) is 29.5 Å². The largest absolute Gasteiger partial charge is 0.352 e. The fourth-order valence-electron chi connectivity index (χ4n) is 2.31. The van der Waals surface area contributed by atoms with Crippen LogP contribution < -0.4 is 10.2 Å². The molecule has 0 saturated heterocycles. The highest BCUT2D eigenvalue weighted by atomic mass is 35.5. The quantitative estimate of drug-likeness (QED) is 0.770. The predicted octanol–water partition coefficient (Wildman–Crippen LogP) is 3.82. The monoisotopic (exact) mass is 384 g/mol. The highest BCUT2D eigenvalue weighted by Gasteiger charge is 2.21. The third-order valence-electron chi connectivity index (χ3n) is 3.68. The van der Waals surface area contributed by atoms with E-state index in [0.29, 0.717) is 5.02 Å². The molecule has 138 valence electrons. The fourth-order valence-corrected chi connectivity index (χ4v) is 2.51. The fraction of sp³-hybridized carbons (Fsp3) is 0.222. The highest BCUT2D eigenvalue weighted by Crippen LogP contribution is 2.24. The average Bonchev–Trinajstić information content (AvgIpc) is 2.60. The minimum absolute atomic E-state index is 0.150. The summed E-state index contributed by atoms with van der Waals surface area (Å²) in [5.74, 6) is -5.51. The minimum atomic E-state index is -1.67. The Morgan fingerprint density at radius 3 is 2.42 bits per heavy atom. The van der Waals surface area contributed by atoms with Gasteiger partial charge in [-0.25, -0.2) is 13.2 Å².